The molecule has 8 heteroatoms. The zero-order chi connectivity index (χ0) is 23.8. The number of rotatable bonds is 8. The van der Waals surface area contributed by atoms with Crippen molar-refractivity contribution in [2.75, 3.05) is 19.5 Å². The third kappa shape index (κ3) is 6.25. The SMILES string of the molecule is COc1ccc(Cl)cc1NC(=O)/C(C#N)=C/c1ccc(OCc2ccc(F)cc2)c(OC)c1. The second-order valence-corrected chi connectivity index (χ2v) is 7.23. The van der Waals surface area contributed by atoms with Crippen molar-refractivity contribution in [3.8, 4) is 23.3 Å². The average molecular weight is 467 g/mol. The Morgan fingerprint density at radius 1 is 1.03 bits per heavy atom. The van der Waals surface area contributed by atoms with Gasteiger partial charge in [-0.1, -0.05) is 29.8 Å². The summed E-state index contributed by atoms with van der Waals surface area (Å²) >= 11 is 5.99. The van der Waals surface area contributed by atoms with Gasteiger partial charge < -0.3 is 19.5 Å². The summed E-state index contributed by atoms with van der Waals surface area (Å²) in [6.45, 7) is 0.221. The van der Waals surface area contributed by atoms with Crippen LogP contribution in [0.25, 0.3) is 6.08 Å². The number of carbonyl (C=O) groups is 1. The van der Waals surface area contributed by atoms with Crippen molar-refractivity contribution in [1.29, 1.82) is 5.26 Å². The van der Waals surface area contributed by atoms with E-state index in [2.05, 4.69) is 5.32 Å². The van der Waals surface area contributed by atoms with Crippen LogP contribution in [-0.4, -0.2) is 20.1 Å². The highest BCUT2D eigenvalue weighted by Crippen LogP contribution is 2.31. The molecule has 6 nitrogen and oxygen atoms in total. The van der Waals surface area contributed by atoms with Crippen molar-refractivity contribution < 1.29 is 23.4 Å². The van der Waals surface area contributed by atoms with Gasteiger partial charge in [0, 0.05) is 5.02 Å². The molecular weight excluding hydrogens is 447 g/mol. The van der Waals surface area contributed by atoms with E-state index in [1.54, 1.807) is 42.5 Å². The minimum atomic E-state index is -0.617. The molecule has 0 saturated heterocycles. The smallest absolute Gasteiger partial charge is 0.266 e. The summed E-state index contributed by atoms with van der Waals surface area (Å²) in [5.74, 6) is 0.354. The number of nitrogens with zero attached hydrogens (tertiary/aromatic N) is 1. The quantitative estimate of drug-likeness (QED) is 0.344. The monoisotopic (exact) mass is 466 g/mol. The number of hydrogen-bond donors (Lipinski definition) is 1. The zero-order valence-corrected chi connectivity index (χ0v) is 18.7. The number of nitriles is 1. The molecule has 3 aromatic rings. The number of nitrogens with one attached hydrogen (secondary N) is 1. The van der Waals surface area contributed by atoms with Crippen molar-refractivity contribution >= 4 is 29.3 Å². The van der Waals surface area contributed by atoms with Gasteiger partial charge in [-0.3, -0.25) is 4.79 Å². The van der Waals surface area contributed by atoms with Gasteiger partial charge in [-0.15, -0.1) is 0 Å². The first-order valence-corrected chi connectivity index (χ1v) is 10.1. The Hall–Kier alpha value is -4.02. The Bertz CT molecular complexity index is 1220. The number of amides is 1. The van der Waals surface area contributed by atoms with E-state index in [9.17, 15) is 14.4 Å². The van der Waals surface area contributed by atoms with Crippen LogP contribution in [0.5, 0.6) is 17.2 Å². The highest BCUT2D eigenvalue weighted by Gasteiger charge is 2.14. The minimum absolute atomic E-state index is 0.126. The highest BCUT2D eigenvalue weighted by molar-refractivity contribution is 6.31. The van der Waals surface area contributed by atoms with E-state index >= 15 is 0 Å². The van der Waals surface area contributed by atoms with Crippen LogP contribution in [-0.2, 0) is 11.4 Å². The maximum atomic E-state index is 13.1. The van der Waals surface area contributed by atoms with Crippen LogP contribution in [0.3, 0.4) is 0 Å². The first-order chi connectivity index (χ1) is 15.9. The normalized spacial score (nSPS) is 10.8. The Balaban J connectivity index is 1.77. The molecule has 0 aliphatic carbocycles. The van der Waals surface area contributed by atoms with Crippen LogP contribution in [0.1, 0.15) is 11.1 Å². The van der Waals surface area contributed by atoms with E-state index in [-0.39, 0.29) is 18.0 Å². The summed E-state index contributed by atoms with van der Waals surface area (Å²) in [4.78, 5) is 12.6. The fraction of sp³-hybridized carbons (Fsp3) is 0.120. The molecular formula is C25H20ClFN2O4. The molecule has 1 amide bonds. The molecule has 0 aliphatic heterocycles. The van der Waals surface area contributed by atoms with Crippen LogP contribution in [0.2, 0.25) is 5.02 Å². The number of carbonyl (C=O) groups excluding carboxylic acids is 1. The van der Waals surface area contributed by atoms with Gasteiger partial charge >= 0.3 is 0 Å². The molecule has 3 rings (SSSR count). The number of methoxy groups -OCH3 is 2. The van der Waals surface area contributed by atoms with Gasteiger partial charge in [0.1, 0.15) is 29.8 Å². The Labute approximate surface area is 195 Å². The van der Waals surface area contributed by atoms with Crippen LogP contribution in [0, 0.1) is 17.1 Å². The third-order valence-electron chi connectivity index (χ3n) is 4.58. The number of ether oxygens (including phenoxy) is 3. The van der Waals surface area contributed by atoms with Crippen molar-refractivity contribution in [3.05, 3.63) is 88.2 Å². The first kappa shape index (κ1) is 23.6. The summed E-state index contributed by atoms with van der Waals surface area (Å²) in [5.41, 5.74) is 1.57. The standard InChI is InChI=1S/C25H20ClFN2O4/c1-31-22-10-6-19(26)13-21(22)29-25(30)18(14-28)11-17-5-9-23(24(12-17)32-2)33-15-16-3-7-20(27)8-4-16/h3-13H,15H2,1-2H3,(H,29,30)/b18-11+. The number of halogens is 2. The molecule has 0 bridgehead atoms. The largest absolute Gasteiger partial charge is 0.495 e. The van der Waals surface area contributed by atoms with E-state index in [0.29, 0.717) is 33.5 Å². The molecule has 0 unspecified atom stereocenters. The molecule has 0 aromatic heterocycles. The van der Waals surface area contributed by atoms with Gasteiger partial charge in [0.15, 0.2) is 11.5 Å². The minimum Gasteiger partial charge on any atom is -0.495 e. The van der Waals surface area contributed by atoms with Crippen LogP contribution >= 0.6 is 11.6 Å². The molecule has 0 fully saturated rings. The topological polar surface area (TPSA) is 80.6 Å². The maximum Gasteiger partial charge on any atom is 0.266 e. The van der Waals surface area contributed by atoms with E-state index in [0.717, 1.165) is 5.56 Å². The van der Waals surface area contributed by atoms with Gasteiger partial charge in [0.25, 0.3) is 5.91 Å². The second kappa shape index (κ2) is 11.0. The fourth-order valence-corrected chi connectivity index (χ4v) is 3.09. The summed E-state index contributed by atoms with van der Waals surface area (Å²) < 4.78 is 29.4. The average Bonchev–Trinajstić information content (AvgIpc) is 2.82. The van der Waals surface area contributed by atoms with Gasteiger partial charge in [-0.25, -0.2) is 4.39 Å². The predicted molar refractivity (Wildman–Crippen MR) is 124 cm³/mol. The Morgan fingerprint density at radius 2 is 1.73 bits per heavy atom. The fourth-order valence-electron chi connectivity index (χ4n) is 2.92. The van der Waals surface area contributed by atoms with Crippen LogP contribution in [0.4, 0.5) is 10.1 Å². The van der Waals surface area contributed by atoms with E-state index in [1.807, 2.05) is 6.07 Å². The molecule has 1 N–H and O–H groups in total. The summed E-state index contributed by atoms with van der Waals surface area (Å²) in [6, 6.07) is 17.6. The van der Waals surface area contributed by atoms with Crippen molar-refractivity contribution in [2.24, 2.45) is 0 Å². The van der Waals surface area contributed by atoms with Gasteiger partial charge in [-0.05, 0) is 59.7 Å². The highest BCUT2D eigenvalue weighted by atomic mass is 35.5. The van der Waals surface area contributed by atoms with Gasteiger partial charge in [-0.2, -0.15) is 5.26 Å². The molecule has 0 saturated carbocycles. The van der Waals surface area contributed by atoms with Crippen LogP contribution in [0.15, 0.2) is 66.2 Å². The first-order valence-electron chi connectivity index (χ1n) is 9.75. The molecule has 0 spiro atoms. The molecule has 33 heavy (non-hydrogen) atoms. The van der Waals surface area contributed by atoms with E-state index < -0.39 is 5.91 Å². The summed E-state index contributed by atoms with van der Waals surface area (Å²) in [7, 11) is 2.95. The van der Waals surface area contributed by atoms with Crippen molar-refractivity contribution in [1.82, 2.24) is 0 Å². The lowest BCUT2D eigenvalue weighted by Gasteiger charge is -2.12. The third-order valence-corrected chi connectivity index (χ3v) is 4.82. The lowest BCUT2D eigenvalue weighted by molar-refractivity contribution is -0.112. The lowest BCUT2D eigenvalue weighted by atomic mass is 10.1. The van der Waals surface area contributed by atoms with Crippen molar-refractivity contribution in [2.45, 2.75) is 6.61 Å². The Morgan fingerprint density at radius 3 is 2.39 bits per heavy atom. The predicted octanol–water partition coefficient (Wildman–Crippen LogP) is 5.62. The molecule has 0 heterocycles. The summed E-state index contributed by atoms with van der Waals surface area (Å²) in [5, 5.41) is 12.6. The molecule has 3 aromatic carbocycles. The second-order valence-electron chi connectivity index (χ2n) is 6.79. The summed E-state index contributed by atoms with van der Waals surface area (Å²) in [6.07, 6.45) is 1.43. The maximum absolute atomic E-state index is 13.1. The Kier molecular flexibility index (Phi) is 7.90. The number of benzene rings is 3. The van der Waals surface area contributed by atoms with Crippen LogP contribution < -0.4 is 19.5 Å². The van der Waals surface area contributed by atoms with E-state index in [1.165, 1.54) is 38.5 Å². The van der Waals surface area contributed by atoms with Gasteiger partial charge in [0.05, 0.1) is 19.9 Å². The molecule has 0 atom stereocenters. The lowest BCUT2D eigenvalue weighted by Crippen LogP contribution is -2.14. The number of anilines is 1. The zero-order valence-electron chi connectivity index (χ0n) is 17.9. The molecule has 0 radical (unpaired) electrons. The van der Waals surface area contributed by atoms with E-state index in [4.69, 9.17) is 25.8 Å². The van der Waals surface area contributed by atoms with Gasteiger partial charge in [0.2, 0.25) is 0 Å². The number of hydrogen-bond acceptors (Lipinski definition) is 5. The molecule has 168 valence electrons. The van der Waals surface area contributed by atoms with Crippen molar-refractivity contribution in [3.63, 3.8) is 0 Å². The molecule has 0 aliphatic rings.